The number of ketones is 1. The molecule has 0 heterocycles. The number of benzene rings is 5. The van der Waals surface area contributed by atoms with Crippen LogP contribution in [0.1, 0.15) is 10.4 Å². The van der Waals surface area contributed by atoms with Crippen LogP contribution in [0.3, 0.4) is 0 Å². The normalized spacial score (nSPS) is 11.1. The maximum atomic E-state index is 14.5. The van der Waals surface area contributed by atoms with E-state index in [2.05, 4.69) is 84.9 Å². The monoisotopic (exact) mass is 532 g/mol. The molecule has 0 aliphatic heterocycles. The Morgan fingerprint density at radius 1 is 0.457 bits per heavy atom. The Hall–Kier alpha value is -3.45. The molecule has 0 radical (unpaired) electrons. The molecule has 5 rings (SSSR count). The molecule has 0 bridgehead atoms. The van der Waals surface area contributed by atoms with Gasteiger partial charge in [0.2, 0.25) is 0 Å². The van der Waals surface area contributed by atoms with Crippen molar-refractivity contribution in [2.75, 3.05) is 0 Å². The van der Waals surface area contributed by atoms with Crippen LogP contribution in [0.15, 0.2) is 157 Å². The number of hydrogen-bond acceptors (Lipinski definition) is 2. The molecule has 5 aromatic carbocycles. The summed E-state index contributed by atoms with van der Waals surface area (Å²) in [6.07, 6.45) is 0. The van der Waals surface area contributed by atoms with Crippen LogP contribution in [0.4, 0.5) is 0 Å². The van der Waals surface area contributed by atoms with Gasteiger partial charge in [-0.3, -0.25) is 0 Å². The van der Waals surface area contributed by atoms with Crippen molar-refractivity contribution in [1.29, 1.82) is 0 Å². The summed E-state index contributed by atoms with van der Waals surface area (Å²) in [4.78, 5) is 15.6. The van der Waals surface area contributed by atoms with Crippen molar-refractivity contribution in [1.82, 2.24) is 0 Å². The van der Waals surface area contributed by atoms with E-state index in [1.54, 1.807) is 11.8 Å². The number of carbonyl (C=O) groups is 1. The fraction of sp³-hybridized carbons (Fsp3) is 0. The topological polar surface area (TPSA) is 17.1 Å². The fourth-order valence-electron chi connectivity index (χ4n) is 4.33. The van der Waals surface area contributed by atoms with Crippen molar-refractivity contribution in [3.63, 3.8) is 0 Å². The molecule has 0 atom stereocenters. The predicted molar refractivity (Wildman–Crippen MR) is 152 cm³/mol. The van der Waals surface area contributed by atoms with E-state index >= 15 is 0 Å². The summed E-state index contributed by atoms with van der Waals surface area (Å²) in [5.41, 5.74) is 0.722. The van der Waals surface area contributed by atoms with Gasteiger partial charge in [0.25, 0.3) is 0 Å². The van der Waals surface area contributed by atoms with E-state index in [1.807, 2.05) is 66.7 Å². The van der Waals surface area contributed by atoms with Gasteiger partial charge in [-0.25, -0.2) is 0 Å². The Morgan fingerprint density at radius 2 is 0.800 bits per heavy atom. The molecule has 0 fully saturated rings. The first kappa shape index (κ1) is 23.3. The quantitative estimate of drug-likeness (QED) is 0.156. The maximum absolute atomic E-state index is 14.5. The third-order valence-corrected chi connectivity index (χ3v) is 17.3. The van der Waals surface area contributed by atoms with Gasteiger partial charge in [0, 0.05) is 0 Å². The Bertz CT molecular complexity index is 1350. The van der Waals surface area contributed by atoms with Gasteiger partial charge < -0.3 is 0 Å². The van der Waals surface area contributed by atoms with Crippen molar-refractivity contribution >= 4 is 47.3 Å². The minimum atomic E-state index is -3.46. The third kappa shape index (κ3) is 4.73. The summed E-state index contributed by atoms with van der Waals surface area (Å²) in [5.74, 6) is 0.100. The third-order valence-electron chi connectivity index (χ3n) is 5.92. The fourth-order valence-corrected chi connectivity index (χ4v) is 16.5. The summed E-state index contributed by atoms with van der Waals surface area (Å²) in [5, 5.41) is 0. The zero-order valence-corrected chi connectivity index (χ0v) is 21.9. The molecule has 0 saturated carbocycles. The summed E-state index contributed by atoms with van der Waals surface area (Å²) >= 11 is -1.84. The van der Waals surface area contributed by atoms with Gasteiger partial charge in [-0.1, -0.05) is 0 Å². The summed E-state index contributed by atoms with van der Waals surface area (Å²) in [6.45, 7) is 0. The molecule has 0 amide bonds. The van der Waals surface area contributed by atoms with Gasteiger partial charge in [-0.15, -0.1) is 0 Å². The van der Waals surface area contributed by atoms with Crippen LogP contribution in [0.5, 0.6) is 0 Å². The van der Waals surface area contributed by atoms with Crippen molar-refractivity contribution in [2.24, 2.45) is 0 Å². The van der Waals surface area contributed by atoms with Gasteiger partial charge >= 0.3 is 214 Å². The van der Waals surface area contributed by atoms with Gasteiger partial charge in [0.05, 0.1) is 0 Å². The van der Waals surface area contributed by atoms with Crippen LogP contribution in [-0.2, 0) is 0 Å². The summed E-state index contributed by atoms with van der Waals surface area (Å²) in [7, 11) is 0. The van der Waals surface area contributed by atoms with Gasteiger partial charge in [0.15, 0.2) is 0 Å². The minimum absolute atomic E-state index is 0.100. The first-order chi connectivity index (χ1) is 17.3. The SMILES string of the molecule is O=C(C(Sc1ccccc1)=[As](c1ccccc1)(c1ccccc1)c1ccccc1)c1ccccc1. The molecule has 1 nitrogen and oxygen atoms in total. The van der Waals surface area contributed by atoms with Gasteiger partial charge in [-0.2, -0.15) is 0 Å². The molecule has 0 aliphatic rings. The van der Waals surface area contributed by atoms with E-state index < -0.39 is 13.1 Å². The van der Waals surface area contributed by atoms with E-state index in [9.17, 15) is 4.79 Å². The first-order valence-corrected chi connectivity index (χ1v) is 16.1. The van der Waals surface area contributed by atoms with Crippen molar-refractivity contribution in [3.8, 4) is 0 Å². The molecule has 0 saturated heterocycles. The second kappa shape index (κ2) is 10.9. The van der Waals surface area contributed by atoms with Crippen molar-refractivity contribution < 1.29 is 4.79 Å². The van der Waals surface area contributed by atoms with E-state index in [0.717, 1.165) is 14.1 Å². The molecule has 0 spiro atoms. The number of thioether (sulfide) groups is 1. The molecule has 170 valence electrons. The van der Waals surface area contributed by atoms with E-state index in [0.29, 0.717) is 0 Å². The van der Waals surface area contributed by atoms with Crippen LogP contribution >= 0.6 is 11.8 Å². The molecule has 3 heteroatoms. The van der Waals surface area contributed by atoms with E-state index in [1.165, 1.54) is 13.1 Å². The zero-order chi connectivity index (χ0) is 23.9. The summed E-state index contributed by atoms with van der Waals surface area (Å²) in [6, 6.07) is 51.9. The molecular formula is C32H25AsOS. The van der Waals surface area contributed by atoms with Crippen LogP contribution in [-0.4, -0.2) is 22.5 Å². The first-order valence-electron chi connectivity index (χ1n) is 11.6. The van der Waals surface area contributed by atoms with E-state index in [4.69, 9.17) is 0 Å². The average molecular weight is 533 g/mol. The Balaban J connectivity index is 1.97. The van der Waals surface area contributed by atoms with Crippen molar-refractivity contribution in [3.05, 3.63) is 157 Å². The van der Waals surface area contributed by atoms with Gasteiger partial charge in [-0.05, 0) is 0 Å². The molecular weight excluding hydrogens is 507 g/mol. The zero-order valence-electron chi connectivity index (χ0n) is 19.2. The van der Waals surface area contributed by atoms with Gasteiger partial charge in [0.1, 0.15) is 0 Å². The van der Waals surface area contributed by atoms with E-state index in [-0.39, 0.29) is 5.78 Å². The second-order valence-corrected chi connectivity index (χ2v) is 16.8. The van der Waals surface area contributed by atoms with Crippen LogP contribution in [0.25, 0.3) is 0 Å². The average Bonchev–Trinajstić information content (AvgIpc) is 2.95. The van der Waals surface area contributed by atoms with Crippen LogP contribution in [0.2, 0.25) is 0 Å². The molecule has 5 aromatic rings. The van der Waals surface area contributed by atoms with Crippen molar-refractivity contribution in [2.45, 2.75) is 4.90 Å². The number of hydrogen-bond donors (Lipinski definition) is 0. The Kier molecular flexibility index (Phi) is 7.23. The predicted octanol–water partition coefficient (Wildman–Crippen LogP) is 5.54. The number of rotatable bonds is 7. The van der Waals surface area contributed by atoms with Crippen LogP contribution in [0, 0.1) is 0 Å². The summed E-state index contributed by atoms with van der Waals surface area (Å²) < 4.78 is 4.60. The standard InChI is InChI=1S/C32H25AsOS/c34-31(26-16-6-1-7-17-26)32(35-30-24-14-5-15-25-30)33(27-18-8-2-9-19-27,28-20-10-3-11-21-28)29-22-12-4-13-23-29/h1-25H. The molecule has 0 N–H and O–H groups in total. The van der Waals surface area contributed by atoms with Crippen LogP contribution < -0.4 is 13.1 Å². The molecule has 0 unspecified atom stereocenters. The second-order valence-electron chi connectivity index (χ2n) is 8.09. The number of carbonyl (C=O) groups excluding carboxylic acids is 1. The Morgan fingerprint density at radius 3 is 1.20 bits per heavy atom. The molecule has 0 aromatic heterocycles. The molecule has 0 aliphatic carbocycles. The Labute approximate surface area is 213 Å². The number of Topliss-reactive ketones (excluding diaryl/α,β-unsaturated/α-hetero) is 1. The molecule has 35 heavy (non-hydrogen) atoms.